The zero-order valence-electron chi connectivity index (χ0n) is 18.1. The van der Waals surface area contributed by atoms with Crippen LogP contribution in [0.15, 0.2) is 23.5 Å². The lowest BCUT2D eigenvalue weighted by Crippen LogP contribution is -2.44. The maximum Gasteiger partial charge on any atom is 0.309 e. The third-order valence-electron chi connectivity index (χ3n) is 5.23. The summed E-state index contributed by atoms with van der Waals surface area (Å²) in [5, 5.41) is 0. The van der Waals surface area contributed by atoms with Gasteiger partial charge < -0.3 is 23.7 Å². The van der Waals surface area contributed by atoms with Crippen molar-refractivity contribution in [1.29, 1.82) is 0 Å². The molecule has 30 heavy (non-hydrogen) atoms. The van der Waals surface area contributed by atoms with Crippen molar-refractivity contribution in [2.24, 2.45) is 17.8 Å². The van der Waals surface area contributed by atoms with E-state index in [4.69, 9.17) is 23.7 Å². The standard InChI is InChI=1S/C22H30O8/c1-12(2)6-18(24)29-17-8-16-15(9-26-14(5)23)10-27-21(20(16)22(17)11-28-22)30-19(25)7-13(3)4/h8,10,12-13,17,20-21H,6-7,9,11H2,1-5H3/t17-,20-,21+,22+/m0/s1. The molecule has 2 heterocycles. The average Bonchev–Trinajstić information content (AvgIpc) is 3.33. The lowest BCUT2D eigenvalue weighted by Gasteiger charge is -2.33. The van der Waals surface area contributed by atoms with Gasteiger partial charge in [-0.1, -0.05) is 27.7 Å². The predicted molar refractivity (Wildman–Crippen MR) is 105 cm³/mol. The molecule has 0 aromatic heterocycles. The molecule has 3 aliphatic rings. The predicted octanol–water partition coefficient (Wildman–Crippen LogP) is 2.66. The molecule has 1 saturated heterocycles. The van der Waals surface area contributed by atoms with E-state index in [9.17, 15) is 14.4 Å². The molecule has 0 radical (unpaired) electrons. The molecule has 4 atom stereocenters. The van der Waals surface area contributed by atoms with Gasteiger partial charge in [0, 0.05) is 25.3 Å². The molecule has 166 valence electrons. The van der Waals surface area contributed by atoms with Gasteiger partial charge in [0.2, 0.25) is 0 Å². The Morgan fingerprint density at radius 3 is 2.23 bits per heavy atom. The Kier molecular flexibility index (Phi) is 6.55. The average molecular weight is 422 g/mol. The number of hydrogen-bond acceptors (Lipinski definition) is 8. The highest BCUT2D eigenvalue weighted by Gasteiger charge is 2.67. The largest absolute Gasteiger partial charge is 0.461 e. The van der Waals surface area contributed by atoms with Gasteiger partial charge in [0.25, 0.3) is 6.29 Å². The van der Waals surface area contributed by atoms with Crippen molar-refractivity contribution < 1.29 is 38.1 Å². The summed E-state index contributed by atoms with van der Waals surface area (Å²) in [7, 11) is 0. The molecule has 3 rings (SSSR count). The summed E-state index contributed by atoms with van der Waals surface area (Å²) in [6, 6.07) is 0. The molecule has 1 fully saturated rings. The van der Waals surface area contributed by atoms with Crippen molar-refractivity contribution in [3.05, 3.63) is 23.5 Å². The lowest BCUT2D eigenvalue weighted by molar-refractivity contribution is -0.186. The van der Waals surface area contributed by atoms with Gasteiger partial charge in [0.1, 0.15) is 12.2 Å². The second-order valence-corrected chi connectivity index (χ2v) is 8.87. The summed E-state index contributed by atoms with van der Waals surface area (Å²) in [5.41, 5.74) is 0.550. The first kappa shape index (κ1) is 22.3. The Hall–Kier alpha value is -2.35. The highest BCUT2D eigenvalue weighted by atomic mass is 16.7. The van der Waals surface area contributed by atoms with Gasteiger partial charge in [-0.2, -0.15) is 0 Å². The Morgan fingerprint density at radius 1 is 1.10 bits per heavy atom. The minimum atomic E-state index is -0.903. The van der Waals surface area contributed by atoms with E-state index in [2.05, 4.69) is 0 Å². The van der Waals surface area contributed by atoms with Gasteiger partial charge in [-0.05, 0) is 23.5 Å². The smallest absolute Gasteiger partial charge is 0.309 e. The van der Waals surface area contributed by atoms with Gasteiger partial charge in [-0.25, -0.2) is 0 Å². The quantitative estimate of drug-likeness (QED) is 0.334. The zero-order valence-corrected chi connectivity index (χ0v) is 18.1. The molecular formula is C22H30O8. The molecular weight excluding hydrogens is 392 g/mol. The van der Waals surface area contributed by atoms with Crippen LogP contribution in [-0.2, 0) is 38.1 Å². The van der Waals surface area contributed by atoms with Gasteiger partial charge in [-0.15, -0.1) is 0 Å². The molecule has 0 aromatic rings. The van der Waals surface area contributed by atoms with Crippen LogP contribution < -0.4 is 0 Å². The normalized spacial score (nSPS) is 29.1. The van der Waals surface area contributed by atoms with Gasteiger partial charge >= 0.3 is 17.9 Å². The number of epoxide rings is 1. The Balaban J connectivity index is 1.83. The molecule has 1 spiro atoms. The van der Waals surface area contributed by atoms with E-state index in [0.717, 1.165) is 5.57 Å². The third-order valence-corrected chi connectivity index (χ3v) is 5.23. The van der Waals surface area contributed by atoms with Crippen molar-refractivity contribution in [3.8, 4) is 0 Å². The van der Waals surface area contributed by atoms with Crippen molar-refractivity contribution >= 4 is 17.9 Å². The fraction of sp³-hybridized carbons (Fsp3) is 0.682. The summed E-state index contributed by atoms with van der Waals surface area (Å²) in [4.78, 5) is 35.9. The van der Waals surface area contributed by atoms with E-state index in [-0.39, 0.29) is 36.8 Å². The van der Waals surface area contributed by atoms with Crippen molar-refractivity contribution in [1.82, 2.24) is 0 Å². The minimum absolute atomic E-state index is 0.00701. The molecule has 1 aliphatic carbocycles. The first-order chi connectivity index (χ1) is 14.1. The van der Waals surface area contributed by atoms with E-state index in [1.807, 2.05) is 27.7 Å². The van der Waals surface area contributed by atoms with E-state index >= 15 is 0 Å². The second kappa shape index (κ2) is 8.79. The number of fused-ring (bicyclic) bond motifs is 2. The minimum Gasteiger partial charge on any atom is -0.461 e. The lowest BCUT2D eigenvalue weighted by atomic mass is 9.85. The van der Waals surface area contributed by atoms with Crippen LogP contribution in [0.2, 0.25) is 0 Å². The Morgan fingerprint density at radius 2 is 1.70 bits per heavy atom. The summed E-state index contributed by atoms with van der Waals surface area (Å²) in [6.07, 6.45) is 2.26. The molecule has 0 amide bonds. The van der Waals surface area contributed by atoms with E-state index in [1.54, 1.807) is 6.08 Å². The van der Waals surface area contributed by atoms with E-state index in [0.29, 0.717) is 18.6 Å². The molecule has 0 unspecified atom stereocenters. The molecule has 0 saturated carbocycles. The van der Waals surface area contributed by atoms with Crippen LogP contribution in [0, 0.1) is 17.8 Å². The summed E-state index contributed by atoms with van der Waals surface area (Å²) < 4.78 is 28.0. The molecule has 0 N–H and O–H groups in total. The van der Waals surface area contributed by atoms with Crippen LogP contribution in [0.25, 0.3) is 0 Å². The van der Waals surface area contributed by atoms with Crippen LogP contribution in [-0.4, -0.2) is 49.1 Å². The first-order valence-electron chi connectivity index (χ1n) is 10.3. The highest BCUT2D eigenvalue weighted by Crippen LogP contribution is 2.54. The number of ether oxygens (including phenoxy) is 5. The van der Waals surface area contributed by atoms with Gasteiger partial charge in [0.05, 0.1) is 18.8 Å². The van der Waals surface area contributed by atoms with Crippen LogP contribution in [0.4, 0.5) is 0 Å². The summed E-state index contributed by atoms with van der Waals surface area (Å²) >= 11 is 0. The number of carbonyl (C=O) groups excluding carboxylic acids is 3. The molecule has 0 bridgehead atoms. The van der Waals surface area contributed by atoms with Crippen LogP contribution in [0.3, 0.4) is 0 Å². The fourth-order valence-corrected chi connectivity index (χ4v) is 3.82. The number of rotatable bonds is 8. The zero-order chi connectivity index (χ0) is 22.1. The molecule has 2 aliphatic heterocycles. The molecule has 0 aromatic carbocycles. The maximum atomic E-state index is 12.3. The summed E-state index contributed by atoms with van der Waals surface area (Å²) in [6.45, 7) is 9.41. The van der Waals surface area contributed by atoms with Gasteiger partial charge in [0.15, 0.2) is 6.10 Å². The SMILES string of the molecule is CC(=O)OCC1=CO[C@H](OC(=O)CC(C)C)[C@@H]2C1=C[C@H](OC(=O)CC(C)C)[C@]21CO1. The van der Waals surface area contributed by atoms with Crippen molar-refractivity contribution in [3.63, 3.8) is 0 Å². The monoisotopic (exact) mass is 422 g/mol. The second-order valence-electron chi connectivity index (χ2n) is 8.87. The first-order valence-corrected chi connectivity index (χ1v) is 10.3. The van der Waals surface area contributed by atoms with Crippen molar-refractivity contribution in [2.75, 3.05) is 13.2 Å². The Labute approximate surface area is 176 Å². The number of hydrogen-bond donors (Lipinski definition) is 0. The van der Waals surface area contributed by atoms with E-state index < -0.39 is 29.9 Å². The Bertz CT molecular complexity index is 759. The summed E-state index contributed by atoms with van der Waals surface area (Å²) in [5.74, 6) is -1.28. The molecule has 8 nitrogen and oxygen atoms in total. The fourth-order valence-electron chi connectivity index (χ4n) is 3.82. The molecule has 8 heteroatoms. The third kappa shape index (κ3) is 4.86. The van der Waals surface area contributed by atoms with Crippen molar-refractivity contribution in [2.45, 2.75) is 65.5 Å². The van der Waals surface area contributed by atoms with Crippen LogP contribution >= 0.6 is 0 Å². The maximum absolute atomic E-state index is 12.3. The van der Waals surface area contributed by atoms with Crippen LogP contribution in [0.1, 0.15) is 47.5 Å². The van der Waals surface area contributed by atoms with Crippen LogP contribution in [0.5, 0.6) is 0 Å². The van der Waals surface area contributed by atoms with Gasteiger partial charge in [-0.3, -0.25) is 14.4 Å². The topological polar surface area (TPSA) is 101 Å². The highest BCUT2D eigenvalue weighted by molar-refractivity contribution is 5.71. The number of carbonyl (C=O) groups is 3. The number of esters is 3. The van der Waals surface area contributed by atoms with E-state index in [1.165, 1.54) is 13.2 Å².